The maximum Gasteiger partial charge on any atom is 0.220 e. The van der Waals surface area contributed by atoms with Crippen molar-refractivity contribution in [3.8, 4) is 0 Å². The Hall–Kier alpha value is -0.570. The van der Waals surface area contributed by atoms with Crippen LogP contribution in [0.15, 0.2) is 0 Å². The third kappa shape index (κ3) is 3.78. The van der Waals surface area contributed by atoms with Gasteiger partial charge in [0.1, 0.15) is 0 Å². The first-order valence-electron chi connectivity index (χ1n) is 6.40. The van der Waals surface area contributed by atoms with Crippen LogP contribution in [0.3, 0.4) is 0 Å². The zero-order chi connectivity index (χ0) is 12.2. The van der Waals surface area contributed by atoms with Gasteiger partial charge < -0.3 is 10.4 Å². The highest BCUT2D eigenvalue weighted by molar-refractivity contribution is 5.76. The van der Waals surface area contributed by atoms with Crippen LogP contribution in [0.2, 0.25) is 0 Å². The van der Waals surface area contributed by atoms with Gasteiger partial charge in [-0.15, -0.1) is 0 Å². The summed E-state index contributed by atoms with van der Waals surface area (Å²) in [7, 11) is 0. The van der Waals surface area contributed by atoms with Gasteiger partial charge in [0.25, 0.3) is 0 Å². The van der Waals surface area contributed by atoms with Gasteiger partial charge in [-0.3, -0.25) is 4.79 Å². The molecule has 0 aliphatic heterocycles. The molecule has 0 bridgehead atoms. The van der Waals surface area contributed by atoms with Crippen LogP contribution in [-0.4, -0.2) is 24.2 Å². The molecule has 1 unspecified atom stereocenters. The zero-order valence-corrected chi connectivity index (χ0v) is 10.8. The number of aliphatic hydroxyl groups is 1. The van der Waals surface area contributed by atoms with E-state index in [4.69, 9.17) is 5.11 Å². The summed E-state index contributed by atoms with van der Waals surface area (Å²) in [5, 5.41) is 12.1. The van der Waals surface area contributed by atoms with E-state index < -0.39 is 0 Å². The van der Waals surface area contributed by atoms with E-state index in [1.54, 1.807) is 0 Å². The molecule has 1 aliphatic carbocycles. The number of carbonyl (C=O) groups is 1. The summed E-state index contributed by atoms with van der Waals surface area (Å²) >= 11 is 0. The third-order valence-electron chi connectivity index (χ3n) is 3.87. The van der Waals surface area contributed by atoms with Gasteiger partial charge in [-0.2, -0.15) is 0 Å². The van der Waals surface area contributed by atoms with Crippen molar-refractivity contribution in [2.75, 3.05) is 13.2 Å². The lowest BCUT2D eigenvalue weighted by Gasteiger charge is -2.19. The first-order chi connectivity index (χ1) is 7.53. The van der Waals surface area contributed by atoms with Crippen LogP contribution < -0.4 is 5.32 Å². The van der Waals surface area contributed by atoms with Gasteiger partial charge in [-0.05, 0) is 24.7 Å². The van der Waals surface area contributed by atoms with Crippen LogP contribution in [0.25, 0.3) is 0 Å². The SMILES string of the molecule is CCC(CC(=O)NCC1(CO)CC1)C(C)C. The molecule has 0 radical (unpaired) electrons. The third-order valence-corrected chi connectivity index (χ3v) is 3.87. The van der Waals surface area contributed by atoms with Gasteiger partial charge in [0, 0.05) is 18.4 Å². The van der Waals surface area contributed by atoms with Crippen LogP contribution in [0.5, 0.6) is 0 Å². The topological polar surface area (TPSA) is 49.3 Å². The zero-order valence-electron chi connectivity index (χ0n) is 10.8. The van der Waals surface area contributed by atoms with Gasteiger partial charge in [0.15, 0.2) is 0 Å². The number of rotatable bonds is 7. The molecular weight excluding hydrogens is 202 g/mol. The molecule has 1 aliphatic rings. The Balaban J connectivity index is 2.25. The van der Waals surface area contributed by atoms with Crippen molar-refractivity contribution >= 4 is 5.91 Å². The van der Waals surface area contributed by atoms with E-state index in [9.17, 15) is 4.79 Å². The molecule has 1 rings (SSSR count). The largest absolute Gasteiger partial charge is 0.396 e. The van der Waals surface area contributed by atoms with E-state index in [0.29, 0.717) is 24.8 Å². The summed E-state index contributed by atoms with van der Waals surface area (Å²) < 4.78 is 0. The first kappa shape index (κ1) is 13.5. The summed E-state index contributed by atoms with van der Waals surface area (Å²) in [5.74, 6) is 1.17. The van der Waals surface area contributed by atoms with E-state index in [2.05, 4.69) is 26.1 Å². The summed E-state index contributed by atoms with van der Waals surface area (Å²) in [6.45, 7) is 7.31. The second kappa shape index (κ2) is 5.67. The summed E-state index contributed by atoms with van der Waals surface area (Å²) in [6, 6.07) is 0. The van der Waals surface area contributed by atoms with Crippen LogP contribution in [0.4, 0.5) is 0 Å². The summed E-state index contributed by atoms with van der Waals surface area (Å²) in [4.78, 5) is 11.7. The minimum absolute atomic E-state index is 0.0230. The molecule has 1 fully saturated rings. The molecule has 16 heavy (non-hydrogen) atoms. The van der Waals surface area contributed by atoms with Crippen molar-refractivity contribution < 1.29 is 9.90 Å². The second-order valence-electron chi connectivity index (χ2n) is 5.55. The van der Waals surface area contributed by atoms with Crippen molar-refractivity contribution in [2.24, 2.45) is 17.3 Å². The lowest BCUT2D eigenvalue weighted by Crippen LogP contribution is -2.33. The van der Waals surface area contributed by atoms with Crippen LogP contribution in [0.1, 0.15) is 46.5 Å². The van der Waals surface area contributed by atoms with Gasteiger partial charge in [-0.1, -0.05) is 27.2 Å². The molecule has 1 amide bonds. The summed E-state index contributed by atoms with van der Waals surface area (Å²) in [5.41, 5.74) is 0.0230. The quantitative estimate of drug-likeness (QED) is 0.698. The maximum atomic E-state index is 11.7. The minimum Gasteiger partial charge on any atom is -0.396 e. The molecular formula is C13H25NO2. The fourth-order valence-corrected chi connectivity index (χ4v) is 2.02. The molecule has 3 nitrogen and oxygen atoms in total. The van der Waals surface area contributed by atoms with Crippen LogP contribution in [-0.2, 0) is 4.79 Å². The monoisotopic (exact) mass is 227 g/mol. The van der Waals surface area contributed by atoms with E-state index in [-0.39, 0.29) is 17.9 Å². The number of hydrogen-bond donors (Lipinski definition) is 2. The fraction of sp³-hybridized carbons (Fsp3) is 0.923. The summed E-state index contributed by atoms with van der Waals surface area (Å²) in [6.07, 6.45) is 3.77. The molecule has 1 atom stereocenters. The highest BCUT2D eigenvalue weighted by Crippen LogP contribution is 2.44. The highest BCUT2D eigenvalue weighted by Gasteiger charge is 2.42. The Morgan fingerprint density at radius 1 is 1.44 bits per heavy atom. The van der Waals surface area contributed by atoms with Crippen molar-refractivity contribution in [2.45, 2.75) is 46.5 Å². The van der Waals surface area contributed by atoms with Crippen molar-refractivity contribution in [3.05, 3.63) is 0 Å². The van der Waals surface area contributed by atoms with Gasteiger partial charge >= 0.3 is 0 Å². The number of aliphatic hydroxyl groups excluding tert-OH is 1. The van der Waals surface area contributed by atoms with Crippen LogP contribution >= 0.6 is 0 Å². The van der Waals surface area contributed by atoms with Gasteiger partial charge in [0.2, 0.25) is 5.91 Å². The molecule has 0 aromatic carbocycles. The standard InChI is InChI=1S/C13H25NO2/c1-4-11(10(2)3)7-12(16)14-8-13(9-15)5-6-13/h10-11,15H,4-9H2,1-3H3,(H,14,16). The predicted molar refractivity (Wildman–Crippen MR) is 65.0 cm³/mol. The predicted octanol–water partition coefficient (Wildman–Crippen LogP) is 1.95. The molecule has 1 saturated carbocycles. The molecule has 0 spiro atoms. The number of hydrogen-bond acceptors (Lipinski definition) is 2. The number of carbonyl (C=O) groups excluding carboxylic acids is 1. The molecule has 0 aromatic rings. The van der Waals surface area contributed by atoms with E-state index in [1.165, 1.54) is 0 Å². The first-order valence-corrected chi connectivity index (χ1v) is 6.40. The molecule has 2 N–H and O–H groups in total. The Labute approximate surface area is 98.6 Å². The number of nitrogens with one attached hydrogen (secondary N) is 1. The minimum atomic E-state index is 0.0230. The van der Waals surface area contributed by atoms with Crippen molar-refractivity contribution in [1.82, 2.24) is 5.32 Å². The lowest BCUT2D eigenvalue weighted by molar-refractivity contribution is -0.122. The van der Waals surface area contributed by atoms with Crippen LogP contribution in [0, 0.1) is 17.3 Å². The van der Waals surface area contributed by atoms with Crippen molar-refractivity contribution in [3.63, 3.8) is 0 Å². The van der Waals surface area contributed by atoms with Gasteiger partial charge in [0.05, 0.1) is 6.61 Å². The molecule has 0 aromatic heterocycles. The Kier molecular flexibility index (Phi) is 4.78. The van der Waals surface area contributed by atoms with Gasteiger partial charge in [-0.25, -0.2) is 0 Å². The molecule has 0 heterocycles. The molecule has 0 saturated heterocycles. The average Bonchev–Trinajstić information content (AvgIpc) is 3.03. The Bertz CT molecular complexity index is 234. The van der Waals surface area contributed by atoms with Crippen molar-refractivity contribution in [1.29, 1.82) is 0 Å². The fourth-order valence-electron chi connectivity index (χ4n) is 2.02. The van der Waals surface area contributed by atoms with E-state index in [0.717, 1.165) is 19.3 Å². The second-order valence-corrected chi connectivity index (χ2v) is 5.55. The Morgan fingerprint density at radius 3 is 2.44 bits per heavy atom. The molecule has 94 valence electrons. The maximum absolute atomic E-state index is 11.7. The molecule has 3 heteroatoms. The van der Waals surface area contributed by atoms with E-state index >= 15 is 0 Å². The highest BCUT2D eigenvalue weighted by atomic mass is 16.3. The van der Waals surface area contributed by atoms with E-state index in [1.807, 2.05) is 0 Å². The Morgan fingerprint density at radius 2 is 2.06 bits per heavy atom. The number of amides is 1. The lowest BCUT2D eigenvalue weighted by atomic mass is 9.90. The normalized spacial score (nSPS) is 19.6. The average molecular weight is 227 g/mol. The smallest absolute Gasteiger partial charge is 0.220 e.